The lowest BCUT2D eigenvalue weighted by Crippen LogP contribution is -2.36. The molecule has 0 aromatic carbocycles. The van der Waals surface area contributed by atoms with Gasteiger partial charge in [-0.3, -0.25) is 4.79 Å². The summed E-state index contributed by atoms with van der Waals surface area (Å²) in [6.45, 7) is 4.19. The summed E-state index contributed by atoms with van der Waals surface area (Å²) in [5, 5.41) is 2.95. The number of nitrogens with one attached hydrogen (secondary N) is 1. The Morgan fingerprint density at radius 3 is 2.65 bits per heavy atom. The van der Waals surface area contributed by atoms with Gasteiger partial charge in [0.15, 0.2) is 0 Å². The van der Waals surface area contributed by atoms with Crippen LogP contribution in [-0.2, 0) is 0 Å². The molecule has 0 aliphatic heterocycles. The highest BCUT2D eigenvalue weighted by atomic mass is 16.2. The molecule has 1 aromatic rings. The van der Waals surface area contributed by atoms with Crippen LogP contribution in [0.25, 0.3) is 0 Å². The van der Waals surface area contributed by atoms with Gasteiger partial charge in [-0.1, -0.05) is 13.8 Å². The first-order valence-electron chi connectivity index (χ1n) is 6.05. The monoisotopic (exact) mass is 235 g/mol. The Morgan fingerprint density at radius 2 is 2.12 bits per heavy atom. The molecule has 0 spiro atoms. The Morgan fingerprint density at radius 1 is 1.47 bits per heavy atom. The molecular formula is C13H21N3O. The van der Waals surface area contributed by atoms with Crippen molar-refractivity contribution >= 4 is 11.7 Å². The van der Waals surface area contributed by atoms with Gasteiger partial charge < -0.3 is 10.2 Å². The first kappa shape index (κ1) is 13.5. The van der Waals surface area contributed by atoms with E-state index in [2.05, 4.69) is 24.1 Å². The van der Waals surface area contributed by atoms with Gasteiger partial charge in [0.1, 0.15) is 5.82 Å². The Bertz CT molecular complexity index is 375. The number of hydrogen-bond donors (Lipinski definition) is 1. The van der Waals surface area contributed by atoms with E-state index in [1.165, 1.54) is 0 Å². The van der Waals surface area contributed by atoms with E-state index >= 15 is 0 Å². The van der Waals surface area contributed by atoms with E-state index in [0.29, 0.717) is 11.4 Å². The molecule has 94 valence electrons. The number of carbonyl (C=O) groups is 1. The van der Waals surface area contributed by atoms with E-state index in [1.807, 2.05) is 7.05 Å². The average Bonchev–Trinajstić information content (AvgIpc) is 2.39. The van der Waals surface area contributed by atoms with Gasteiger partial charge in [-0.15, -0.1) is 0 Å². The Labute approximate surface area is 103 Å². The lowest BCUT2D eigenvalue weighted by Gasteiger charge is -2.26. The zero-order valence-electron chi connectivity index (χ0n) is 11.0. The first-order chi connectivity index (χ1) is 8.15. The third kappa shape index (κ3) is 2.96. The lowest BCUT2D eigenvalue weighted by atomic mass is 10.1. The molecule has 0 radical (unpaired) electrons. The minimum atomic E-state index is 0.0242. The second kappa shape index (κ2) is 6.23. The summed E-state index contributed by atoms with van der Waals surface area (Å²) in [5.74, 6) is 0.659. The molecule has 0 saturated carbocycles. The van der Waals surface area contributed by atoms with Crippen molar-refractivity contribution in [2.75, 3.05) is 19.4 Å². The summed E-state index contributed by atoms with van der Waals surface area (Å²) in [6.07, 6.45) is 3.61. The van der Waals surface area contributed by atoms with E-state index < -0.39 is 0 Å². The standard InChI is InChI=1S/C13H21N3O/c1-5-10(6-2)16(4)13(17)11-8-7-9-15-12(11)14-3/h7-10H,5-6H2,1-4H3,(H,14,15). The van der Waals surface area contributed by atoms with Crippen molar-refractivity contribution in [3.05, 3.63) is 23.9 Å². The molecular weight excluding hydrogens is 214 g/mol. The van der Waals surface area contributed by atoms with Gasteiger partial charge in [-0.2, -0.15) is 0 Å². The second-order valence-corrected chi connectivity index (χ2v) is 4.04. The molecule has 0 aliphatic carbocycles. The predicted octanol–water partition coefficient (Wildman–Crippen LogP) is 2.38. The van der Waals surface area contributed by atoms with Gasteiger partial charge in [-0.25, -0.2) is 4.98 Å². The molecule has 17 heavy (non-hydrogen) atoms. The van der Waals surface area contributed by atoms with Crippen molar-refractivity contribution in [1.29, 1.82) is 0 Å². The maximum absolute atomic E-state index is 12.3. The van der Waals surface area contributed by atoms with Crippen LogP contribution in [0.15, 0.2) is 18.3 Å². The maximum Gasteiger partial charge on any atom is 0.257 e. The molecule has 0 saturated heterocycles. The van der Waals surface area contributed by atoms with E-state index in [1.54, 1.807) is 30.3 Å². The summed E-state index contributed by atoms with van der Waals surface area (Å²) in [7, 11) is 3.63. The first-order valence-corrected chi connectivity index (χ1v) is 6.05. The summed E-state index contributed by atoms with van der Waals surface area (Å²) in [4.78, 5) is 18.3. The Kier molecular flexibility index (Phi) is 4.94. The quantitative estimate of drug-likeness (QED) is 0.852. The topological polar surface area (TPSA) is 45.2 Å². The lowest BCUT2D eigenvalue weighted by molar-refractivity contribution is 0.0724. The van der Waals surface area contributed by atoms with Crippen LogP contribution in [0, 0.1) is 0 Å². The molecule has 1 rings (SSSR count). The van der Waals surface area contributed by atoms with Crippen LogP contribution < -0.4 is 5.32 Å². The highest BCUT2D eigenvalue weighted by Crippen LogP contribution is 2.16. The Balaban J connectivity index is 2.95. The molecule has 1 amide bonds. The van der Waals surface area contributed by atoms with Crippen molar-refractivity contribution in [2.24, 2.45) is 0 Å². The summed E-state index contributed by atoms with van der Waals surface area (Å²) >= 11 is 0. The minimum Gasteiger partial charge on any atom is -0.372 e. The zero-order chi connectivity index (χ0) is 12.8. The molecule has 1 heterocycles. The van der Waals surface area contributed by atoms with Crippen LogP contribution in [0.4, 0.5) is 5.82 Å². The fraction of sp³-hybridized carbons (Fsp3) is 0.538. The van der Waals surface area contributed by atoms with Crippen molar-refractivity contribution in [1.82, 2.24) is 9.88 Å². The van der Waals surface area contributed by atoms with Gasteiger partial charge in [0.2, 0.25) is 0 Å². The molecule has 0 aliphatic rings. The van der Waals surface area contributed by atoms with Gasteiger partial charge in [0.25, 0.3) is 5.91 Å². The van der Waals surface area contributed by atoms with Gasteiger partial charge in [0.05, 0.1) is 5.56 Å². The van der Waals surface area contributed by atoms with Gasteiger partial charge in [-0.05, 0) is 25.0 Å². The summed E-state index contributed by atoms with van der Waals surface area (Å²) < 4.78 is 0. The van der Waals surface area contributed by atoms with Crippen LogP contribution in [0.3, 0.4) is 0 Å². The number of aromatic nitrogens is 1. The van der Waals surface area contributed by atoms with E-state index in [-0.39, 0.29) is 11.9 Å². The van der Waals surface area contributed by atoms with Crippen LogP contribution in [0.1, 0.15) is 37.0 Å². The molecule has 0 bridgehead atoms. The maximum atomic E-state index is 12.3. The second-order valence-electron chi connectivity index (χ2n) is 4.04. The normalized spacial score (nSPS) is 10.4. The molecule has 4 heteroatoms. The molecule has 1 N–H and O–H groups in total. The highest BCUT2D eigenvalue weighted by molar-refractivity contribution is 5.98. The van der Waals surface area contributed by atoms with E-state index in [9.17, 15) is 4.79 Å². The van der Waals surface area contributed by atoms with Crippen molar-refractivity contribution in [2.45, 2.75) is 32.7 Å². The number of nitrogens with zero attached hydrogens (tertiary/aromatic N) is 2. The largest absolute Gasteiger partial charge is 0.372 e. The minimum absolute atomic E-state index is 0.0242. The van der Waals surface area contributed by atoms with Crippen molar-refractivity contribution < 1.29 is 4.79 Å². The van der Waals surface area contributed by atoms with Crippen LogP contribution >= 0.6 is 0 Å². The average molecular weight is 235 g/mol. The highest BCUT2D eigenvalue weighted by Gasteiger charge is 2.20. The third-order valence-electron chi connectivity index (χ3n) is 3.09. The van der Waals surface area contributed by atoms with Gasteiger partial charge in [0, 0.05) is 26.3 Å². The zero-order valence-corrected chi connectivity index (χ0v) is 11.0. The number of anilines is 1. The number of rotatable bonds is 5. The van der Waals surface area contributed by atoms with Crippen molar-refractivity contribution in [3.8, 4) is 0 Å². The molecule has 4 nitrogen and oxygen atoms in total. The Hall–Kier alpha value is -1.58. The molecule has 1 aromatic heterocycles. The van der Waals surface area contributed by atoms with Crippen LogP contribution in [0.2, 0.25) is 0 Å². The van der Waals surface area contributed by atoms with Crippen molar-refractivity contribution in [3.63, 3.8) is 0 Å². The fourth-order valence-corrected chi connectivity index (χ4v) is 1.97. The van der Waals surface area contributed by atoms with Gasteiger partial charge >= 0.3 is 0 Å². The summed E-state index contributed by atoms with van der Waals surface area (Å²) in [6, 6.07) is 3.88. The van der Waals surface area contributed by atoms with Crippen LogP contribution in [0.5, 0.6) is 0 Å². The molecule has 0 unspecified atom stereocenters. The number of pyridine rings is 1. The number of amides is 1. The number of hydrogen-bond acceptors (Lipinski definition) is 3. The molecule has 0 atom stereocenters. The fourth-order valence-electron chi connectivity index (χ4n) is 1.97. The van der Waals surface area contributed by atoms with E-state index in [4.69, 9.17) is 0 Å². The predicted molar refractivity (Wildman–Crippen MR) is 70.2 cm³/mol. The molecule has 0 fully saturated rings. The smallest absolute Gasteiger partial charge is 0.257 e. The SMILES string of the molecule is CCC(CC)N(C)C(=O)c1cccnc1NC. The summed E-state index contributed by atoms with van der Waals surface area (Å²) in [5.41, 5.74) is 0.629. The van der Waals surface area contributed by atoms with E-state index in [0.717, 1.165) is 12.8 Å². The third-order valence-corrected chi connectivity index (χ3v) is 3.09. The van der Waals surface area contributed by atoms with Crippen LogP contribution in [-0.4, -0.2) is 35.9 Å². The number of carbonyl (C=O) groups excluding carboxylic acids is 1.